The molecule has 1 aromatic rings. The second-order valence-electron chi connectivity index (χ2n) is 4.32. The van der Waals surface area contributed by atoms with E-state index in [1.54, 1.807) is 13.3 Å². The molecule has 6 nitrogen and oxygen atoms in total. The van der Waals surface area contributed by atoms with Gasteiger partial charge < -0.3 is 20.9 Å². The average Bonchev–Trinajstić information content (AvgIpc) is 2.45. The van der Waals surface area contributed by atoms with Crippen LogP contribution in [-0.4, -0.2) is 25.9 Å². The normalized spacial score (nSPS) is 10.4. The molecule has 114 valence electrons. The van der Waals surface area contributed by atoms with Gasteiger partial charge in [-0.25, -0.2) is 0 Å². The Bertz CT molecular complexity index is 535. The smallest absolute Gasteiger partial charge is 0.211 e. The summed E-state index contributed by atoms with van der Waals surface area (Å²) in [5, 5.41) is 7.37. The van der Waals surface area contributed by atoms with Gasteiger partial charge in [0.25, 0.3) is 0 Å². The summed E-state index contributed by atoms with van der Waals surface area (Å²) < 4.78 is 11.2. The first-order valence-electron chi connectivity index (χ1n) is 6.68. The summed E-state index contributed by atoms with van der Waals surface area (Å²) in [7, 11) is 1.60. The molecule has 0 amide bonds. The highest BCUT2D eigenvalue weighted by molar-refractivity contribution is 5.83. The molecule has 0 heterocycles. The molecule has 0 bridgehead atoms. The maximum absolute atomic E-state index is 5.77. The number of rotatable bonds is 8. The Morgan fingerprint density at radius 1 is 1.38 bits per heavy atom. The van der Waals surface area contributed by atoms with Gasteiger partial charge in [-0.15, -0.1) is 11.7 Å². The molecule has 0 aliphatic rings. The lowest BCUT2D eigenvalue weighted by Crippen LogP contribution is -2.21. The lowest BCUT2D eigenvalue weighted by molar-refractivity contribution is 0.291. The first kappa shape index (κ1) is 16.6. The molecule has 0 aromatic heterocycles. The molecule has 0 aliphatic carbocycles. The van der Waals surface area contributed by atoms with E-state index in [-0.39, 0.29) is 5.96 Å². The van der Waals surface area contributed by atoms with Gasteiger partial charge in [0, 0.05) is 5.56 Å². The molecule has 0 fully saturated rings. The van der Waals surface area contributed by atoms with Crippen LogP contribution in [0.25, 0.3) is 0 Å². The summed E-state index contributed by atoms with van der Waals surface area (Å²) in [4.78, 5) is 0. The zero-order valence-corrected chi connectivity index (χ0v) is 12.5. The first-order valence-corrected chi connectivity index (χ1v) is 6.68. The van der Waals surface area contributed by atoms with E-state index < -0.39 is 0 Å². The van der Waals surface area contributed by atoms with Gasteiger partial charge in [0.2, 0.25) is 5.96 Å². The third-order valence-electron chi connectivity index (χ3n) is 2.57. The van der Waals surface area contributed by atoms with Crippen LogP contribution in [0.3, 0.4) is 0 Å². The van der Waals surface area contributed by atoms with Gasteiger partial charge in [-0.1, -0.05) is 13.0 Å². The number of methoxy groups -OCH3 is 1. The number of allylic oxidation sites excluding steroid dienone is 1. The average molecular weight is 290 g/mol. The maximum Gasteiger partial charge on any atom is 0.211 e. The van der Waals surface area contributed by atoms with Crippen LogP contribution in [0.2, 0.25) is 0 Å². The Balaban J connectivity index is 3.18. The van der Waals surface area contributed by atoms with Gasteiger partial charge in [-0.05, 0) is 30.5 Å². The standard InChI is InChI=1S/C15H22N4O2/c1-4-6-12-8-11(10-18-19-15(16)17)9-13(20-3)14(12)21-7-5-2/h4,8-10H,1,5-7H2,2-3H3,(H4,16,17,19). The zero-order chi connectivity index (χ0) is 15.7. The van der Waals surface area contributed by atoms with Crippen molar-refractivity contribution < 1.29 is 9.47 Å². The molecule has 4 N–H and O–H groups in total. The van der Waals surface area contributed by atoms with Crippen molar-refractivity contribution in [3.05, 3.63) is 35.9 Å². The number of hydrogen-bond donors (Lipinski definition) is 2. The van der Waals surface area contributed by atoms with Crippen molar-refractivity contribution in [3.63, 3.8) is 0 Å². The Morgan fingerprint density at radius 2 is 2.14 bits per heavy atom. The Hall–Kier alpha value is -2.50. The van der Waals surface area contributed by atoms with Crippen molar-refractivity contribution in [1.29, 1.82) is 0 Å². The minimum absolute atomic E-state index is 0.0903. The molecular weight excluding hydrogens is 268 g/mol. The molecule has 6 heteroatoms. The molecule has 0 spiro atoms. The summed E-state index contributed by atoms with van der Waals surface area (Å²) in [5.74, 6) is 1.29. The topological polar surface area (TPSA) is 95.2 Å². The van der Waals surface area contributed by atoms with Crippen LogP contribution in [0.15, 0.2) is 35.0 Å². The molecule has 0 aliphatic heterocycles. The van der Waals surface area contributed by atoms with E-state index in [1.807, 2.05) is 18.2 Å². The molecule has 0 saturated carbocycles. The molecule has 21 heavy (non-hydrogen) atoms. The Labute approximate surface area is 125 Å². The quantitative estimate of drug-likeness (QED) is 0.330. The van der Waals surface area contributed by atoms with E-state index in [0.29, 0.717) is 18.8 Å². The van der Waals surface area contributed by atoms with Crippen molar-refractivity contribution in [2.75, 3.05) is 13.7 Å². The minimum atomic E-state index is -0.0903. The number of benzene rings is 1. The summed E-state index contributed by atoms with van der Waals surface area (Å²) in [6.45, 7) is 6.44. The predicted molar refractivity (Wildman–Crippen MR) is 86.1 cm³/mol. The van der Waals surface area contributed by atoms with Crippen molar-refractivity contribution >= 4 is 12.2 Å². The third-order valence-corrected chi connectivity index (χ3v) is 2.57. The second-order valence-corrected chi connectivity index (χ2v) is 4.32. The number of nitrogens with two attached hydrogens (primary N) is 2. The van der Waals surface area contributed by atoms with E-state index in [0.717, 1.165) is 23.3 Å². The molecule has 0 radical (unpaired) electrons. The van der Waals surface area contributed by atoms with Crippen molar-refractivity contribution in [2.45, 2.75) is 19.8 Å². The lowest BCUT2D eigenvalue weighted by Gasteiger charge is -2.15. The van der Waals surface area contributed by atoms with Gasteiger partial charge >= 0.3 is 0 Å². The van der Waals surface area contributed by atoms with Crippen LogP contribution in [0.4, 0.5) is 0 Å². The largest absolute Gasteiger partial charge is 0.493 e. The fraction of sp³-hybridized carbons (Fsp3) is 0.333. The zero-order valence-electron chi connectivity index (χ0n) is 12.5. The van der Waals surface area contributed by atoms with E-state index in [4.69, 9.17) is 20.9 Å². The van der Waals surface area contributed by atoms with Crippen LogP contribution in [-0.2, 0) is 6.42 Å². The van der Waals surface area contributed by atoms with Gasteiger partial charge in [-0.3, -0.25) is 0 Å². The van der Waals surface area contributed by atoms with Crippen LogP contribution in [0.5, 0.6) is 11.5 Å². The van der Waals surface area contributed by atoms with Crippen molar-refractivity contribution in [2.24, 2.45) is 21.7 Å². The molecular formula is C15H22N4O2. The fourth-order valence-electron chi connectivity index (χ4n) is 1.75. The number of hydrogen-bond acceptors (Lipinski definition) is 4. The third kappa shape index (κ3) is 5.18. The molecule has 0 saturated heterocycles. The summed E-state index contributed by atoms with van der Waals surface area (Å²) in [6.07, 6.45) is 4.95. The SMILES string of the molecule is C=CCc1cc(C=NN=C(N)N)cc(OC)c1OCCC. The minimum Gasteiger partial charge on any atom is -0.493 e. The van der Waals surface area contributed by atoms with E-state index >= 15 is 0 Å². The number of ether oxygens (including phenoxy) is 2. The highest BCUT2D eigenvalue weighted by atomic mass is 16.5. The predicted octanol–water partition coefficient (Wildman–Crippen LogP) is 1.82. The van der Waals surface area contributed by atoms with Gasteiger partial charge in [-0.2, -0.15) is 5.10 Å². The first-order chi connectivity index (χ1) is 10.1. The lowest BCUT2D eigenvalue weighted by atomic mass is 10.1. The van der Waals surface area contributed by atoms with Crippen LogP contribution >= 0.6 is 0 Å². The van der Waals surface area contributed by atoms with Crippen LogP contribution < -0.4 is 20.9 Å². The van der Waals surface area contributed by atoms with E-state index in [1.165, 1.54) is 0 Å². The van der Waals surface area contributed by atoms with E-state index in [2.05, 4.69) is 23.7 Å². The molecule has 0 atom stereocenters. The fourth-order valence-corrected chi connectivity index (χ4v) is 1.75. The summed E-state index contributed by atoms with van der Waals surface area (Å²) in [6, 6.07) is 3.77. The summed E-state index contributed by atoms with van der Waals surface area (Å²) >= 11 is 0. The molecule has 0 unspecified atom stereocenters. The van der Waals surface area contributed by atoms with Gasteiger partial charge in [0.05, 0.1) is 19.9 Å². The van der Waals surface area contributed by atoms with Gasteiger partial charge in [0.15, 0.2) is 11.5 Å². The summed E-state index contributed by atoms with van der Waals surface area (Å²) in [5.41, 5.74) is 12.2. The molecule has 1 rings (SSSR count). The second kappa shape index (κ2) is 8.63. The van der Waals surface area contributed by atoms with Gasteiger partial charge in [0.1, 0.15) is 0 Å². The highest BCUT2D eigenvalue weighted by Gasteiger charge is 2.11. The van der Waals surface area contributed by atoms with Crippen molar-refractivity contribution in [3.8, 4) is 11.5 Å². The Kier molecular flexibility index (Phi) is 6.80. The highest BCUT2D eigenvalue weighted by Crippen LogP contribution is 2.33. The van der Waals surface area contributed by atoms with E-state index in [9.17, 15) is 0 Å². The van der Waals surface area contributed by atoms with Crippen LogP contribution in [0.1, 0.15) is 24.5 Å². The number of nitrogens with zero attached hydrogens (tertiary/aromatic N) is 2. The van der Waals surface area contributed by atoms with Crippen LogP contribution in [0, 0.1) is 0 Å². The Morgan fingerprint density at radius 3 is 2.71 bits per heavy atom. The monoisotopic (exact) mass is 290 g/mol. The van der Waals surface area contributed by atoms with Crippen molar-refractivity contribution in [1.82, 2.24) is 0 Å². The molecule has 1 aromatic carbocycles. The number of guanidine groups is 1. The maximum atomic E-state index is 5.77.